The smallest absolute Gasteiger partial charge is 0.335 e. The van der Waals surface area contributed by atoms with Crippen LogP contribution in [-0.4, -0.2) is 44.5 Å². The molecule has 0 heterocycles. The van der Waals surface area contributed by atoms with Gasteiger partial charge in [-0.3, -0.25) is 4.72 Å². The zero-order valence-corrected chi connectivity index (χ0v) is 15.3. The minimum Gasteiger partial charge on any atom is -0.478 e. The summed E-state index contributed by atoms with van der Waals surface area (Å²) in [6.45, 7) is 1.57. The minimum atomic E-state index is -4.06. The number of amides is 2. The van der Waals surface area contributed by atoms with Crippen molar-refractivity contribution in [2.75, 3.05) is 24.1 Å². The summed E-state index contributed by atoms with van der Waals surface area (Å²) in [5, 5.41) is 11.7. The van der Waals surface area contributed by atoms with E-state index in [0.717, 1.165) is 6.07 Å². The molecule has 2 amide bonds. The number of nitrogens with zero attached hydrogens (tertiary/aromatic N) is 1. The minimum absolute atomic E-state index is 0.134. The molecule has 0 aliphatic rings. The van der Waals surface area contributed by atoms with Crippen LogP contribution in [0.1, 0.15) is 15.9 Å². The van der Waals surface area contributed by atoms with E-state index in [-0.39, 0.29) is 21.8 Å². The van der Waals surface area contributed by atoms with Gasteiger partial charge in [-0.2, -0.15) is 0 Å². The van der Waals surface area contributed by atoms with E-state index in [2.05, 4.69) is 10.0 Å². The predicted octanol–water partition coefficient (Wildman–Crippen LogP) is 2.59. The van der Waals surface area contributed by atoms with Crippen LogP contribution >= 0.6 is 0 Å². The molecule has 0 unspecified atom stereocenters. The zero-order chi connectivity index (χ0) is 19.5. The van der Waals surface area contributed by atoms with E-state index in [1.54, 1.807) is 39.2 Å². The maximum absolute atomic E-state index is 12.7. The van der Waals surface area contributed by atoms with Gasteiger partial charge in [0.15, 0.2) is 0 Å². The molecule has 0 aliphatic heterocycles. The molecule has 138 valence electrons. The first-order chi connectivity index (χ1) is 12.1. The zero-order valence-electron chi connectivity index (χ0n) is 14.5. The van der Waals surface area contributed by atoms with Crippen LogP contribution in [0, 0.1) is 6.92 Å². The average Bonchev–Trinajstić information content (AvgIpc) is 2.56. The molecule has 26 heavy (non-hydrogen) atoms. The highest BCUT2D eigenvalue weighted by atomic mass is 32.2. The Morgan fingerprint density at radius 1 is 1.04 bits per heavy atom. The third-order valence-electron chi connectivity index (χ3n) is 3.54. The second-order valence-corrected chi connectivity index (χ2v) is 7.41. The molecule has 0 fully saturated rings. The Morgan fingerprint density at radius 3 is 2.23 bits per heavy atom. The van der Waals surface area contributed by atoms with Gasteiger partial charge >= 0.3 is 12.0 Å². The van der Waals surface area contributed by atoms with Crippen LogP contribution in [0.25, 0.3) is 0 Å². The van der Waals surface area contributed by atoms with Crippen LogP contribution < -0.4 is 10.0 Å². The summed E-state index contributed by atoms with van der Waals surface area (Å²) >= 11 is 0. The van der Waals surface area contributed by atoms with Gasteiger partial charge in [0, 0.05) is 14.1 Å². The molecule has 0 radical (unpaired) electrons. The van der Waals surface area contributed by atoms with Crippen LogP contribution in [0.5, 0.6) is 0 Å². The predicted molar refractivity (Wildman–Crippen MR) is 98.1 cm³/mol. The summed E-state index contributed by atoms with van der Waals surface area (Å²) in [5.74, 6) is -1.22. The lowest BCUT2D eigenvalue weighted by Crippen LogP contribution is -2.28. The summed E-state index contributed by atoms with van der Waals surface area (Å²) in [5.41, 5.74) is 0.715. The Balaban J connectivity index is 2.41. The van der Waals surface area contributed by atoms with Crippen LogP contribution in [-0.2, 0) is 10.0 Å². The van der Waals surface area contributed by atoms with Crippen LogP contribution in [0.3, 0.4) is 0 Å². The summed E-state index contributed by atoms with van der Waals surface area (Å²) in [6.07, 6.45) is 0. The molecular weight excluding hydrogens is 358 g/mol. The van der Waals surface area contributed by atoms with E-state index in [9.17, 15) is 18.0 Å². The average molecular weight is 377 g/mol. The number of carbonyl (C=O) groups is 2. The molecule has 8 nitrogen and oxygen atoms in total. The van der Waals surface area contributed by atoms with Crippen molar-refractivity contribution in [2.45, 2.75) is 11.8 Å². The van der Waals surface area contributed by atoms with Crippen molar-refractivity contribution in [3.05, 3.63) is 53.6 Å². The number of sulfonamides is 1. The molecule has 0 atom stereocenters. The van der Waals surface area contributed by atoms with Gasteiger partial charge in [0.1, 0.15) is 0 Å². The fourth-order valence-electron chi connectivity index (χ4n) is 2.13. The molecule has 0 saturated carbocycles. The quantitative estimate of drug-likeness (QED) is 0.741. The maximum Gasteiger partial charge on any atom is 0.335 e. The van der Waals surface area contributed by atoms with Gasteiger partial charge in [0.2, 0.25) is 0 Å². The topological polar surface area (TPSA) is 116 Å². The summed E-state index contributed by atoms with van der Waals surface area (Å²) in [6, 6.07) is 9.77. The number of carboxylic acid groups (broad SMARTS) is 1. The number of aromatic carboxylic acids is 1. The SMILES string of the molecule is Cc1ccc(C(=O)O)cc1S(=O)(=O)Nc1ccccc1NC(=O)N(C)C. The highest BCUT2D eigenvalue weighted by Gasteiger charge is 2.21. The van der Waals surface area contributed by atoms with Crippen LogP contribution in [0.15, 0.2) is 47.4 Å². The number of carbonyl (C=O) groups excluding carboxylic acids is 1. The van der Waals surface area contributed by atoms with E-state index < -0.39 is 22.0 Å². The Bertz CT molecular complexity index is 955. The fourth-order valence-corrected chi connectivity index (χ4v) is 3.48. The number of hydrogen-bond donors (Lipinski definition) is 3. The van der Waals surface area contributed by atoms with E-state index in [0.29, 0.717) is 5.56 Å². The first kappa shape index (κ1) is 19.3. The van der Waals surface area contributed by atoms with Crippen molar-refractivity contribution in [2.24, 2.45) is 0 Å². The highest BCUT2D eigenvalue weighted by molar-refractivity contribution is 7.92. The van der Waals surface area contributed by atoms with Gasteiger partial charge in [-0.15, -0.1) is 0 Å². The number of rotatable bonds is 5. The summed E-state index contributed by atoms with van der Waals surface area (Å²) in [7, 11) is -0.940. The molecule has 2 aromatic carbocycles. The Labute approximate surface area is 151 Å². The van der Waals surface area contributed by atoms with Gasteiger partial charge in [-0.25, -0.2) is 18.0 Å². The van der Waals surface area contributed by atoms with Crippen molar-refractivity contribution in [3.8, 4) is 0 Å². The Morgan fingerprint density at radius 2 is 1.65 bits per heavy atom. The van der Waals surface area contributed by atoms with Gasteiger partial charge in [0.05, 0.1) is 21.8 Å². The fraction of sp³-hybridized carbons (Fsp3) is 0.176. The van der Waals surface area contributed by atoms with E-state index in [4.69, 9.17) is 5.11 Å². The number of anilines is 2. The van der Waals surface area contributed by atoms with E-state index in [1.165, 1.54) is 23.1 Å². The number of carboxylic acids is 1. The lowest BCUT2D eigenvalue weighted by molar-refractivity contribution is 0.0696. The summed E-state index contributed by atoms with van der Waals surface area (Å²) in [4.78, 5) is 24.1. The number of aryl methyl sites for hydroxylation is 1. The lowest BCUT2D eigenvalue weighted by atomic mass is 10.1. The standard InChI is InChI=1S/C17H19N3O5S/c1-11-8-9-12(16(21)22)10-15(11)26(24,25)19-14-7-5-4-6-13(14)18-17(23)20(2)3/h4-10,19H,1-3H3,(H,18,23)(H,21,22). The monoisotopic (exact) mass is 377 g/mol. The van der Waals surface area contributed by atoms with Crippen molar-refractivity contribution < 1.29 is 23.1 Å². The van der Waals surface area contributed by atoms with Gasteiger partial charge in [-0.1, -0.05) is 18.2 Å². The number of urea groups is 1. The first-order valence-corrected chi connectivity index (χ1v) is 9.04. The van der Waals surface area contributed by atoms with E-state index >= 15 is 0 Å². The molecule has 3 N–H and O–H groups in total. The van der Waals surface area contributed by atoms with Crippen molar-refractivity contribution in [3.63, 3.8) is 0 Å². The Kier molecular flexibility index (Phi) is 5.51. The summed E-state index contributed by atoms with van der Waals surface area (Å²) < 4.78 is 27.9. The van der Waals surface area contributed by atoms with Crippen LogP contribution in [0.2, 0.25) is 0 Å². The molecule has 2 rings (SSSR count). The number of nitrogens with one attached hydrogen (secondary N) is 2. The number of benzene rings is 2. The van der Waals surface area contributed by atoms with Gasteiger partial charge in [-0.05, 0) is 36.8 Å². The lowest BCUT2D eigenvalue weighted by Gasteiger charge is -2.17. The molecule has 0 spiro atoms. The third kappa shape index (κ3) is 4.31. The normalized spacial score (nSPS) is 10.9. The molecule has 0 aromatic heterocycles. The van der Waals surface area contributed by atoms with Gasteiger partial charge < -0.3 is 15.3 Å². The molecule has 0 aliphatic carbocycles. The molecule has 0 bridgehead atoms. The first-order valence-electron chi connectivity index (χ1n) is 7.56. The molecule has 2 aromatic rings. The van der Waals surface area contributed by atoms with Crippen molar-refractivity contribution in [1.82, 2.24) is 4.90 Å². The third-order valence-corrected chi connectivity index (χ3v) is 5.05. The largest absolute Gasteiger partial charge is 0.478 e. The second kappa shape index (κ2) is 7.44. The Hall–Kier alpha value is -3.07. The van der Waals surface area contributed by atoms with Crippen molar-refractivity contribution >= 4 is 33.4 Å². The van der Waals surface area contributed by atoms with E-state index in [1.807, 2.05) is 0 Å². The molecular formula is C17H19N3O5S. The highest BCUT2D eigenvalue weighted by Crippen LogP contribution is 2.26. The molecule has 0 saturated heterocycles. The molecule has 9 heteroatoms. The maximum atomic E-state index is 12.7. The number of hydrogen-bond acceptors (Lipinski definition) is 4. The van der Waals surface area contributed by atoms with Crippen LogP contribution in [0.4, 0.5) is 16.2 Å². The number of para-hydroxylation sites is 2. The van der Waals surface area contributed by atoms with Crippen molar-refractivity contribution in [1.29, 1.82) is 0 Å². The van der Waals surface area contributed by atoms with Gasteiger partial charge in [0.25, 0.3) is 10.0 Å². The second-order valence-electron chi connectivity index (χ2n) is 5.76.